The number of sulfonamides is 2. The summed E-state index contributed by atoms with van der Waals surface area (Å²) in [5, 5.41) is 0. The Labute approximate surface area is 275 Å². The van der Waals surface area contributed by atoms with E-state index in [0.29, 0.717) is 23.1 Å². The van der Waals surface area contributed by atoms with Gasteiger partial charge in [0, 0.05) is 0 Å². The molecule has 0 aromatic heterocycles. The van der Waals surface area contributed by atoms with E-state index in [9.17, 15) is 21.6 Å². The molecule has 0 radical (unpaired) electrons. The van der Waals surface area contributed by atoms with Gasteiger partial charge in [-0.1, -0.05) is 96.1 Å². The molecule has 0 saturated heterocycles. The number of carbonyl (C=O) groups is 1. The van der Waals surface area contributed by atoms with Gasteiger partial charge in [-0.25, -0.2) is 12.7 Å². The summed E-state index contributed by atoms with van der Waals surface area (Å²) in [6, 6.07) is 31.1. The van der Waals surface area contributed by atoms with Gasteiger partial charge in [-0.3, -0.25) is 4.79 Å². The number of fused-ring (bicyclic) bond motifs is 1. The lowest BCUT2D eigenvalue weighted by molar-refractivity contribution is -0.144. The van der Waals surface area contributed by atoms with Crippen LogP contribution < -0.4 is 0 Å². The number of carbonyl (C=O) groups excluding carboxylic acids is 1. The maximum absolute atomic E-state index is 14.7. The van der Waals surface area contributed by atoms with Crippen molar-refractivity contribution < 1.29 is 26.4 Å². The van der Waals surface area contributed by atoms with Crippen molar-refractivity contribution in [1.29, 1.82) is 0 Å². The monoisotopic (exact) mass is 666 g/mol. The molecule has 1 unspecified atom stereocenters. The molecule has 0 fully saturated rings. The summed E-state index contributed by atoms with van der Waals surface area (Å²) in [7, 11) is -8.96. The van der Waals surface area contributed by atoms with Crippen LogP contribution >= 0.6 is 0 Å². The predicted molar refractivity (Wildman–Crippen MR) is 182 cm³/mol. The van der Waals surface area contributed by atoms with Gasteiger partial charge in [-0.05, 0) is 84.9 Å². The lowest BCUT2D eigenvalue weighted by Crippen LogP contribution is -2.44. The van der Waals surface area contributed by atoms with Crippen molar-refractivity contribution in [3.05, 3.63) is 143 Å². The maximum atomic E-state index is 14.7. The van der Waals surface area contributed by atoms with E-state index in [4.69, 9.17) is 4.74 Å². The molecule has 4 aromatic carbocycles. The molecule has 8 nitrogen and oxygen atoms in total. The lowest BCUT2D eigenvalue weighted by Gasteiger charge is -2.31. The molecule has 0 saturated carbocycles. The van der Waals surface area contributed by atoms with Crippen molar-refractivity contribution in [2.75, 3.05) is 13.2 Å². The van der Waals surface area contributed by atoms with Crippen LogP contribution in [-0.2, 0) is 29.6 Å². The fourth-order valence-corrected chi connectivity index (χ4v) is 8.45. The Balaban J connectivity index is 1.70. The Morgan fingerprint density at radius 1 is 0.723 bits per heavy atom. The average Bonchev–Trinajstić information content (AvgIpc) is 3.15. The molecule has 47 heavy (non-hydrogen) atoms. The second kappa shape index (κ2) is 12.8. The van der Waals surface area contributed by atoms with Crippen LogP contribution in [0, 0.1) is 19.8 Å². The highest BCUT2D eigenvalue weighted by Crippen LogP contribution is 2.50. The summed E-state index contributed by atoms with van der Waals surface area (Å²) in [5.74, 6) is -2.71. The van der Waals surface area contributed by atoms with Gasteiger partial charge in [-0.15, -0.1) is 4.40 Å². The van der Waals surface area contributed by atoms with Crippen LogP contribution in [0.4, 0.5) is 0 Å². The smallest absolute Gasteiger partial charge is 0.321 e. The molecule has 240 valence electrons. The SMILES string of the molecule is CCOC(=O)C1C(c2ccccc2)=C2CC(c3ccccc3)=C2CN(S(=O)(=O)c2ccc(C)cc2)/C1=N/S(=O)(=O)c1ccc(C)cc1. The highest BCUT2D eigenvalue weighted by molar-refractivity contribution is 7.91. The molecule has 0 amide bonds. The van der Waals surface area contributed by atoms with Crippen LogP contribution in [0.2, 0.25) is 0 Å². The van der Waals surface area contributed by atoms with E-state index in [0.717, 1.165) is 32.1 Å². The average molecular weight is 667 g/mol. The number of amidine groups is 1. The first kappa shape index (κ1) is 32.2. The molecule has 6 rings (SSSR count). The molecule has 1 aliphatic heterocycles. The topological polar surface area (TPSA) is 110 Å². The van der Waals surface area contributed by atoms with E-state index in [1.54, 1.807) is 31.2 Å². The van der Waals surface area contributed by atoms with Crippen LogP contribution in [0.1, 0.15) is 35.6 Å². The molecule has 1 atom stereocenters. The van der Waals surface area contributed by atoms with E-state index in [2.05, 4.69) is 4.40 Å². The van der Waals surface area contributed by atoms with Crippen molar-refractivity contribution in [1.82, 2.24) is 4.31 Å². The molecule has 2 aliphatic rings. The summed E-state index contributed by atoms with van der Waals surface area (Å²) in [5.41, 5.74) is 6.07. The Kier molecular flexibility index (Phi) is 8.74. The number of nitrogens with zero attached hydrogens (tertiary/aromatic N) is 2. The molecule has 10 heteroatoms. The number of rotatable bonds is 8. The number of benzene rings is 4. The Bertz CT molecular complexity index is 2140. The Hall–Kier alpha value is -4.80. The molecule has 1 aliphatic carbocycles. The van der Waals surface area contributed by atoms with Gasteiger partial charge in [0.2, 0.25) is 0 Å². The Morgan fingerprint density at radius 3 is 1.81 bits per heavy atom. The minimum Gasteiger partial charge on any atom is -0.465 e. The molecule has 1 heterocycles. The lowest BCUT2D eigenvalue weighted by atomic mass is 9.73. The minimum atomic E-state index is -4.51. The van der Waals surface area contributed by atoms with Gasteiger partial charge in [0.1, 0.15) is 5.92 Å². The predicted octanol–water partition coefficient (Wildman–Crippen LogP) is 6.59. The van der Waals surface area contributed by atoms with Crippen LogP contribution in [0.25, 0.3) is 11.1 Å². The first-order valence-electron chi connectivity index (χ1n) is 15.2. The van der Waals surface area contributed by atoms with Crippen LogP contribution in [0.3, 0.4) is 0 Å². The zero-order valence-electron chi connectivity index (χ0n) is 26.3. The zero-order valence-corrected chi connectivity index (χ0v) is 27.9. The number of hydrogen-bond acceptors (Lipinski definition) is 6. The standard InChI is InChI=1S/C37H34N2O6S2/c1-4-45-37(40)35-34(28-13-9-6-10-14-28)32-23-31(27-11-7-5-8-12-27)33(32)24-39(47(43,44)30-21-17-26(3)18-22-30)36(35)38-46(41,42)29-19-15-25(2)16-20-29/h5-22,35H,4,23-24H2,1-3H3/b38-36+. The molecule has 0 N–H and O–H groups in total. The van der Waals surface area contributed by atoms with Crippen molar-refractivity contribution in [3.8, 4) is 0 Å². The maximum Gasteiger partial charge on any atom is 0.321 e. The molecule has 0 bridgehead atoms. The summed E-state index contributed by atoms with van der Waals surface area (Å²) >= 11 is 0. The number of hydrogen-bond donors (Lipinski definition) is 0. The highest BCUT2D eigenvalue weighted by Gasteiger charge is 2.47. The molecular formula is C37H34N2O6S2. The summed E-state index contributed by atoms with van der Waals surface area (Å²) in [6.07, 6.45) is 0.440. The summed E-state index contributed by atoms with van der Waals surface area (Å²) < 4.78 is 68.2. The van der Waals surface area contributed by atoms with E-state index < -0.39 is 37.8 Å². The van der Waals surface area contributed by atoms with E-state index in [1.807, 2.05) is 74.5 Å². The van der Waals surface area contributed by atoms with Gasteiger partial charge >= 0.3 is 5.97 Å². The fraction of sp³-hybridized carbons (Fsp3) is 0.189. The Morgan fingerprint density at radius 2 is 1.26 bits per heavy atom. The number of esters is 1. The highest BCUT2D eigenvalue weighted by atomic mass is 32.2. The number of aryl methyl sites for hydroxylation is 2. The summed E-state index contributed by atoms with van der Waals surface area (Å²) in [6.45, 7) is 5.07. The third-order valence-electron chi connectivity index (χ3n) is 8.38. The summed E-state index contributed by atoms with van der Waals surface area (Å²) in [4.78, 5) is 13.9. The van der Waals surface area contributed by atoms with Gasteiger partial charge in [-0.2, -0.15) is 8.42 Å². The fourth-order valence-electron chi connectivity index (χ4n) is 5.94. The van der Waals surface area contributed by atoms with Crippen LogP contribution in [0.5, 0.6) is 0 Å². The normalized spacial score (nSPS) is 17.6. The van der Waals surface area contributed by atoms with E-state index in [-0.39, 0.29) is 22.9 Å². The van der Waals surface area contributed by atoms with Crippen molar-refractivity contribution in [3.63, 3.8) is 0 Å². The second-order valence-corrected chi connectivity index (χ2v) is 15.0. The van der Waals surface area contributed by atoms with E-state index >= 15 is 0 Å². The third-order valence-corrected chi connectivity index (χ3v) is 11.4. The quantitative estimate of drug-likeness (QED) is 0.197. The van der Waals surface area contributed by atoms with E-state index in [1.165, 1.54) is 24.3 Å². The van der Waals surface area contributed by atoms with Crippen molar-refractivity contribution in [2.45, 2.75) is 37.0 Å². The second-order valence-electron chi connectivity index (χ2n) is 11.5. The molecular weight excluding hydrogens is 633 g/mol. The first-order chi connectivity index (χ1) is 22.5. The number of allylic oxidation sites excluding steroid dienone is 1. The van der Waals surface area contributed by atoms with Crippen molar-refractivity contribution in [2.24, 2.45) is 10.3 Å². The zero-order chi connectivity index (χ0) is 33.3. The van der Waals surface area contributed by atoms with Gasteiger partial charge < -0.3 is 4.74 Å². The molecule has 0 spiro atoms. The van der Waals surface area contributed by atoms with Gasteiger partial charge in [0.25, 0.3) is 20.0 Å². The minimum absolute atomic E-state index is 0.00655. The van der Waals surface area contributed by atoms with Gasteiger partial charge in [0.15, 0.2) is 5.84 Å². The van der Waals surface area contributed by atoms with Crippen LogP contribution in [-0.4, -0.2) is 46.1 Å². The first-order valence-corrected chi connectivity index (χ1v) is 18.1. The largest absolute Gasteiger partial charge is 0.465 e. The van der Waals surface area contributed by atoms with Gasteiger partial charge in [0.05, 0.1) is 22.9 Å². The molecule has 4 aromatic rings. The number of ether oxygens (including phenoxy) is 1. The van der Waals surface area contributed by atoms with Crippen LogP contribution in [0.15, 0.2) is 135 Å². The third kappa shape index (κ3) is 6.18. The van der Waals surface area contributed by atoms with Crippen molar-refractivity contribution >= 4 is 43.0 Å².